The van der Waals surface area contributed by atoms with Crippen LogP contribution in [0.2, 0.25) is 0 Å². The second-order valence-electron chi connectivity index (χ2n) is 8.77. The van der Waals surface area contributed by atoms with Crippen LogP contribution in [0.1, 0.15) is 70.9 Å². The van der Waals surface area contributed by atoms with Crippen molar-refractivity contribution in [3.05, 3.63) is 35.4 Å². The highest BCUT2D eigenvalue weighted by molar-refractivity contribution is 5.94. The summed E-state index contributed by atoms with van der Waals surface area (Å²) in [5, 5.41) is 3.30. The molecular formula is C23H34N2O2. The third-order valence-corrected chi connectivity index (χ3v) is 7.01. The van der Waals surface area contributed by atoms with Gasteiger partial charge in [0.25, 0.3) is 0 Å². The second kappa shape index (κ2) is 8.04. The van der Waals surface area contributed by atoms with Crippen LogP contribution in [0.25, 0.3) is 0 Å². The molecule has 1 aromatic rings. The van der Waals surface area contributed by atoms with Gasteiger partial charge in [0.05, 0.1) is 0 Å². The van der Waals surface area contributed by atoms with Gasteiger partial charge in [-0.05, 0) is 49.1 Å². The Kier molecular flexibility index (Phi) is 5.92. The Hall–Kier alpha value is -1.84. The van der Waals surface area contributed by atoms with E-state index in [1.807, 2.05) is 6.92 Å². The highest BCUT2D eigenvalue weighted by Gasteiger charge is 2.48. The lowest BCUT2D eigenvalue weighted by Crippen LogP contribution is -2.57. The van der Waals surface area contributed by atoms with Crippen molar-refractivity contribution in [1.82, 2.24) is 10.2 Å². The zero-order valence-corrected chi connectivity index (χ0v) is 17.3. The molecule has 0 radical (unpaired) electrons. The lowest BCUT2D eigenvalue weighted by Gasteiger charge is -2.39. The summed E-state index contributed by atoms with van der Waals surface area (Å²) >= 11 is 0. The highest BCUT2D eigenvalue weighted by Crippen LogP contribution is 2.34. The number of amides is 2. The zero-order chi connectivity index (χ0) is 19.6. The van der Waals surface area contributed by atoms with Crippen molar-refractivity contribution >= 4 is 11.8 Å². The van der Waals surface area contributed by atoms with Gasteiger partial charge < -0.3 is 10.2 Å². The molecule has 4 heteroatoms. The molecule has 1 aliphatic carbocycles. The summed E-state index contributed by atoms with van der Waals surface area (Å²) in [5.74, 6) is 1.22. The first kappa shape index (κ1) is 19.9. The molecule has 0 bridgehead atoms. The first-order valence-electron chi connectivity index (χ1n) is 10.5. The lowest BCUT2D eigenvalue weighted by atomic mass is 9.77. The number of hydrogen-bond acceptors (Lipinski definition) is 2. The summed E-state index contributed by atoms with van der Waals surface area (Å²) < 4.78 is 0. The number of likely N-dealkylation sites (tertiary alicyclic amines) is 1. The molecule has 4 atom stereocenters. The third-order valence-electron chi connectivity index (χ3n) is 7.01. The number of rotatable bonds is 5. The summed E-state index contributed by atoms with van der Waals surface area (Å²) in [6.45, 7) is 9.08. The minimum absolute atomic E-state index is 0.0180. The fourth-order valence-corrected chi connectivity index (χ4v) is 4.57. The molecule has 0 spiro atoms. The van der Waals surface area contributed by atoms with Gasteiger partial charge in [0.15, 0.2) is 0 Å². The van der Waals surface area contributed by atoms with Gasteiger partial charge in [0.2, 0.25) is 11.8 Å². The van der Waals surface area contributed by atoms with Crippen LogP contribution < -0.4 is 5.32 Å². The van der Waals surface area contributed by atoms with E-state index in [0.29, 0.717) is 31.2 Å². The van der Waals surface area contributed by atoms with Crippen molar-refractivity contribution in [3.8, 4) is 0 Å². The quantitative estimate of drug-likeness (QED) is 0.849. The Morgan fingerprint density at radius 3 is 2.52 bits per heavy atom. The molecule has 2 aliphatic rings. The van der Waals surface area contributed by atoms with E-state index in [1.165, 1.54) is 18.4 Å². The molecule has 1 aliphatic heterocycles. The van der Waals surface area contributed by atoms with E-state index < -0.39 is 5.54 Å². The number of nitrogens with zero attached hydrogens (tertiary/aromatic N) is 1. The van der Waals surface area contributed by atoms with Crippen molar-refractivity contribution in [2.75, 3.05) is 0 Å². The Morgan fingerprint density at radius 1 is 1.19 bits per heavy atom. The van der Waals surface area contributed by atoms with Gasteiger partial charge in [-0.2, -0.15) is 0 Å². The van der Waals surface area contributed by atoms with Gasteiger partial charge >= 0.3 is 0 Å². The van der Waals surface area contributed by atoms with Crippen molar-refractivity contribution in [2.45, 2.75) is 84.3 Å². The van der Waals surface area contributed by atoms with Crippen molar-refractivity contribution < 1.29 is 9.59 Å². The number of nitrogens with one attached hydrogen (secondary N) is 1. The van der Waals surface area contributed by atoms with Crippen LogP contribution in [-0.2, 0) is 22.6 Å². The summed E-state index contributed by atoms with van der Waals surface area (Å²) in [6, 6.07) is 8.59. The van der Waals surface area contributed by atoms with E-state index in [-0.39, 0.29) is 17.9 Å². The molecule has 0 aromatic heterocycles. The molecule has 2 fully saturated rings. The molecule has 1 heterocycles. The van der Waals surface area contributed by atoms with Crippen LogP contribution in [0.4, 0.5) is 0 Å². The van der Waals surface area contributed by atoms with Crippen LogP contribution in [0.15, 0.2) is 24.3 Å². The Balaban J connectivity index is 1.73. The highest BCUT2D eigenvalue weighted by atomic mass is 16.2. The average molecular weight is 371 g/mol. The smallest absolute Gasteiger partial charge is 0.245 e. The van der Waals surface area contributed by atoms with Crippen molar-refractivity contribution in [1.29, 1.82) is 0 Å². The van der Waals surface area contributed by atoms with Crippen LogP contribution >= 0.6 is 0 Å². The van der Waals surface area contributed by atoms with E-state index in [0.717, 1.165) is 18.4 Å². The molecular weight excluding hydrogens is 336 g/mol. The summed E-state index contributed by atoms with van der Waals surface area (Å²) in [7, 11) is 0. The Labute approximate surface area is 163 Å². The lowest BCUT2D eigenvalue weighted by molar-refractivity contribution is -0.142. The molecule has 1 saturated heterocycles. The van der Waals surface area contributed by atoms with Gasteiger partial charge in [-0.3, -0.25) is 9.59 Å². The SMILES string of the molecule is CCc1ccc(CN2C(=O)CC[C@]2(C)C(=O)N[C@@H]2CCC[C@H](C)[C@H]2C)cc1. The molecule has 2 amide bonds. The second-order valence-corrected chi connectivity index (χ2v) is 8.77. The predicted octanol–water partition coefficient (Wildman–Crippen LogP) is 4.07. The molecule has 0 unspecified atom stereocenters. The van der Waals surface area contributed by atoms with Gasteiger partial charge in [-0.15, -0.1) is 0 Å². The molecule has 27 heavy (non-hydrogen) atoms. The van der Waals surface area contributed by atoms with E-state index >= 15 is 0 Å². The van der Waals surface area contributed by atoms with Crippen molar-refractivity contribution in [2.24, 2.45) is 11.8 Å². The topological polar surface area (TPSA) is 49.4 Å². The molecule has 148 valence electrons. The largest absolute Gasteiger partial charge is 0.351 e. The maximum absolute atomic E-state index is 13.2. The van der Waals surface area contributed by atoms with Gasteiger partial charge in [-0.1, -0.05) is 57.9 Å². The fourth-order valence-electron chi connectivity index (χ4n) is 4.57. The van der Waals surface area contributed by atoms with E-state index in [1.54, 1.807) is 4.90 Å². The minimum Gasteiger partial charge on any atom is -0.351 e. The zero-order valence-electron chi connectivity index (χ0n) is 17.3. The summed E-state index contributed by atoms with van der Waals surface area (Å²) in [6.07, 6.45) is 5.50. The maximum atomic E-state index is 13.2. The molecule has 4 nitrogen and oxygen atoms in total. The minimum atomic E-state index is -0.749. The number of benzene rings is 1. The van der Waals surface area contributed by atoms with Crippen LogP contribution in [0.3, 0.4) is 0 Å². The number of carbonyl (C=O) groups excluding carboxylic acids is 2. The molecule has 1 N–H and O–H groups in total. The number of aryl methyl sites for hydroxylation is 1. The molecule has 3 rings (SSSR count). The summed E-state index contributed by atoms with van der Waals surface area (Å²) in [4.78, 5) is 27.6. The summed E-state index contributed by atoms with van der Waals surface area (Å²) in [5.41, 5.74) is 1.62. The van der Waals surface area contributed by atoms with Gasteiger partial charge in [0.1, 0.15) is 5.54 Å². The van der Waals surface area contributed by atoms with Crippen LogP contribution in [-0.4, -0.2) is 28.3 Å². The third kappa shape index (κ3) is 4.04. The predicted molar refractivity (Wildman–Crippen MR) is 108 cm³/mol. The van der Waals surface area contributed by atoms with Crippen molar-refractivity contribution in [3.63, 3.8) is 0 Å². The normalized spacial score (nSPS) is 31.2. The number of carbonyl (C=O) groups is 2. The standard InChI is InChI=1S/C23H34N2O2/c1-5-18-9-11-19(12-10-18)15-25-21(26)13-14-23(25,4)22(27)24-20-8-6-7-16(2)17(20)3/h9-12,16-17,20H,5-8,13-15H2,1-4H3,(H,24,27)/t16-,17+,20+,23+/m0/s1. The van der Waals surface area contributed by atoms with E-state index in [2.05, 4.69) is 50.4 Å². The van der Waals surface area contributed by atoms with E-state index in [9.17, 15) is 9.59 Å². The molecule has 1 saturated carbocycles. The Morgan fingerprint density at radius 2 is 1.85 bits per heavy atom. The fraction of sp³-hybridized carbons (Fsp3) is 0.652. The van der Waals surface area contributed by atoms with E-state index in [4.69, 9.17) is 0 Å². The van der Waals surface area contributed by atoms with Crippen LogP contribution in [0, 0.1) is 11.8 Å². The Bertz CT molecular complexity index is 684. The maximum Gasteiger partial charge on any atom is 0.245 e. The average Bonchev–Trinajstić information content (AvgIpc) is 2.95. The number of hydrogen-bond donors (Lipinski definition) is 1. The first-order chi connectivity index (χ1) is 12.8. The van der Waals surface area contributed by atoms with Gasteiger partial charge in [-0.25, -0.2) is 0 Å². The first-order valence-corrected chi connectivity index (χ1v) is 10.5. The van der Waals surface area contributed by atoms with Crippen LogP contribution in [0.5, 0.6) is 0 Å². The molecule has 1 aromatic carbocycles. The monoisotopic (exact) mass is 370 g/mol. The van der Waals surface area contributed by atoms with Gasteiger partial charge in [0, 0.05) is 19.0 Å².